The molecule has 3 rings (SSSR count). The summed E-state index contributed by atoms with van der Waals surface area (Å²) in [6, 6.07) is 17.1. The van der Waals surface area contributed by atoms with Crippen LogP contribution in [0.1, 0.15) is 10.4 Å². The summed E-state index contributed by atoms with van der Waals surface area (Å²) in [6.07, 6.45) is 0. The second-order valence-corrected chi connectivity index (χ2v) is 4.67. The molecule has 4 nitrogen and oxygen atoms in total. The molecule has 0 saturated carbocycles. The second-order valence-electron chi connectivity index (χ2n) is 4.67. The maximum atomic E-state index is 11.9. The largest absolute Gasteiger partial charge is 0.465 e. The van der Waals surface area contributed by atoms with Gasteiger partial charge in [-0.05, 0) is 34.5 Å². The number of carbonyl (C=O) groups is 1. The van der Waals surface area contributed by atoms with Crippen molar-refractivity contribution in [2.45, 2.75) is 0 Å². The molecule has 1 N–H and O–H groups in total. The Bertz CT molecular complexity index is 880. The summed E-state index contributed by atoms with van der Waals surface area (Å²) in [6.45, 7) is 0. The Kier molecular flexibility index (Phi) is 3.28. The molecule has 0 aliphatic carbocycles. The number of benzene rings is 2. The molecule has 4 heteroatoms. The summed E-state index contributed by atoms with van der Waals surface area (Å²) in [5.74, 6) is -0.638. The van der Waals surface area contributed by atoms with Crippen LogP contribution in [-0.4, -0.2) is 18.1 Å². The average Bonchev–Trinajstić information content (AvgIpc) is 2.53. The lowest BCUT2D eigenvalue weighted by Gasteiger charge is -2.05. The zero-order chi connectivity index (χ0) is 14.8. The molecule has 0 radical (unpaired) electrons. The van der Waals surface area contributed by atoms with E-state index < -0.39 is 11.5 Å². The minimum Gasteiger partial charge on any atom is -0.465 e. The van der Waals surface area contributed by atoms with Crippen LogP contribution < -0.4 is 5.56 Å². The van der Waals surface area contributed by atoms with Crippen LogP contribution in [0.25, 0.3) is 22.0 Å². The Morgan fingerprint density at radius 2 is 1.76 bits per heavy atom. The van der Waals surface area contributed by atoms with Gasteiger partial charge in [-0.3, -0.25) is 4.79 Å². The highest BCUT2D eigenvalue weighted by Crippen LogP contribution is 2.22. The van der Waals surface area contributed by atoms with E-state index in [-0.39, 0.29) is 5.56 Å². The molecule has 1 aromatic heterocycles. The number of pyridine rings is 1. The monoisotopic (exact) mass is 279 g/mol. The summed E-state index contributed by atoms with van der Waals surface area (Å²) in [5, 5.41) is 2.22. The van der Waals surface area contributed by atoms with Gasteiger partial charge in [0, 0.05) is 5.69 Å². The molecule has 21 heavy (non-hydrogen) atoms. The van der Waals surface area contributed by atoms with Gasteiger partial charge in [-0.2, -0.15) is 0 Å². The number of hydrogen-bond donors (Lipinski definition) is 1. The molecular weight excluding hydrogens is 266 g/mol. The van der Waals surface area contributed by atoms with E-state index in [1.54, 1.807) is 6.07 Å². The van der Waals surface area contributed by atoms with E-state index in [2.05, 4.69) is 9.72 Å². The smallest absolute Gasteiger partial charge is 0.343 e. The van der Waals surface area contributed by atoms with Crippen molar-refractivity contribution >= 4 is 16.7 Å². The number of nitrogens with one attached hydrogen (secondary N) is 1. The van der Waals surface area contributed by atoms with Crippen molar-refractivity contribution in [1.82, 2.24) is 4.98 Å². The molecule has 0 saturated heterocycles. The number of methoxy groups -OCH3 is 1. The normalized spacial score (nSPS) is 10.5. The number of fused-ring (bicyclic) bond motifs is 1. The third-order valence-corrected chi connectivity index (χ3v) is 3.38. The highest BCUT2D eigenvalue weighted by Gasteiger charge is 2.11. The van der Waals surface area contributed by atoms with Crippen LogP contribution >= 0.6 is 0 Å². The first kappa shape index (κ1) is 13.1. The van der Waals surface area contributed by atoms with E-state index in [4.69, 9.17) is 0 Å². The number of hydrogen-bond acceptors (Lipinski definition) is 3. The van der Waals surface area contributed by atoms with Crippen LogP contribution in [0.2, 0.25) is 0 Å². The van der Waals surface area contributed by atoms with Crippen molar-refractivity contribution in [3.05, 3.63) is 70.5 Å². The minimum atomic E-state index is -0.638. The first-order valence-electron chi connectivity index (χ1n) is 6.50. The summed E-state index contributed by atoms with van der Waals surface area (Å²) in [7, 11) is 1.25. The van der Waals surface area contributed by atoms with Gasteiger partial charge < -0.3 is 9.72 Å². The Morgan fingerprint density at radius 3 is 2.48 bits per heavy atom. The number of esters is 1. The third kappa shape index (κ3) is 2.43. The topological polar surface area (TPSA) is 59.2 Å². The fraction of sp³-hybridized carbons (Fsp3) is 0.0588. The molecule has 0 unspecified atom stereocenters. The fourth-order valence-corrected chi connectivity index (χ4v) is 2.27. The maximum Gasteiger partial charge on any atom is 0.343 e. The van der Waals surface area contributed by atoms with E-state index in [1.807, 2.05) is 42.5 Å². The van der Waals surface area contributed by atoms with Gasteiger partial charge in [-0.1, -0.05) is 36.4 Å². The molecule has 1 heterocycles. The molecule has 3 aromatic rings. The van der Waals surface area contributed by atoms with Crippen molar-refractivity contribution in [2.75, 3.05) is 7.11 Å². The molecule has 104 valence electrons. The Labute approximate surface area is 121 Å². The third-order valence-electron chi connectivity index (χ3n) is 3.38. The zero-order valence-electron chi connectivity index (χ0n) is 11.4. The SMILES string of the molecule is COC(=O)c1ccc(-c2ccc3ccccc3c2)[nH]c1=O. The lowest BCUT2D eigenvalue weighted by molar-refractivity contribution is 0.0598. The number of rotatable bonds is 2. The molecule has 0 fully saturated rings. The van der Waals surface area contributed by atoms with Crippen LogP contribution in [0.3, 0.4) is 0 Å². The highest BCUT2D eigenvalue weighted by atomic mass is 16.5. The summed E-state index contributed by atoms with van der Waals surface area (Å²) >= 11 is 0. The van der Waals surface area contributed by atoms with E-state index in [0.29, 0.717) is 5.69 Å². The van der Waals surface area contributed by atoms with Crippen LogP contribution in [0, 0.1) is 0 Å². The Hall–Kier alpha value is -2.88. The summed E-state index contributed by atoms with van der Waals surface area (Å²) < 4.78 is 4.56. The molecular formula is C17H13NO3. The molecule has 0 amide bonds. The van der Waals surface area contributed by atoms with Gasteiger partial charge in [0.05, 0.1) is 7.11 Å². The van der Waals surface area contributed by atoms with Gasteiger partial charge in [0.25, 0.3) is 5.56 Å². The van der Waals surface area contributed by atoms with Crippen LogP contribution in [0.4, 0.5) is 0 Å². The van der Waals surface area contributed by atoms with Gasteiger partial charge in [0.1, 0.15) is 5.56 Å². The highest BCUT2D eigenvalue weighted by molar-refractivity contribution is 5.90. The Morgan fingerprint density at radius 1 is 1.00 bits per heavy atom. The second kappa shape index (κ2) is 5.25. The summed E-state index contributed by atoms with van der Waals surface area (Å²) in [5.41, 5.74) is 1.11. The van der Waals surface area contributed by atoms with Gasteiger partial charge >= 0.3 is 5.97 Å². The van der Waals surface area contributed by atoms with Crippen LogP contribution in [-0.2, 0) is 4.74 Å². The van der Waals surface area contributed by atoms with E-state index >= 15 is 0 Å². The number of carbonyl (C=O) groups excluding carboxylic acids is 1. The standard InChI is InChI=1S/C17H13NO3/c1-21-17(20)14-8-9-15(18-16(14)19)13-7-6-11-4-2-3-5-12(11)10-13/h2-10H,1H3,(H,18,19). The van der Waals surface area contributed by atoms with Crippen molar-refractivity contribution in [1.29, 1.82) is 0 Å². The van der Waals surface area contributed by atoms with Crippen LogP contribution in [0.5, 0.6) is 0 Å². The molecule has 0 aliphatic rings. The van der Waals surface area contributed by atoms with E-state index in [1.165, 1.54) is 13.2 Å². The van der Waals surface area contributed by atoms with Crippen molar-refractivity contribution in [3.63, 3.8) is 0 Å². The van der Waals surface area contributed by atoms with Gasteiger partial charge in [0.15, 0.2) is 0 Å². The van der Waals surface area contributed by atoms with Gasteiger partial charge in [-0.25, -0.2) is 4.79 Å². The van der Waals surface area contributed by atoms with Crippen molar-refractivity contribution in [2.24, 2.45) is 0 Å². The molecule has 2 aromatic carbocycles. The molecule has 0 spiro atoms. The van der Waals surface area contributed by atoms with Crippen LogP contribution in [0.15, 0.2) is 59.4 Å². The number of aromatic amines is 1. The van der Waals surface area contributed by atoms with E-state index in [9.17, 15) is 9.59 Å². The van der Waals surface area contributed by atoms with E-state index in [0.717, 1.165) is 16.3 Å². The summed E-state index contributed by atoms with van der Waals surface area (Å²) in [4.78, 5) is 26.1. The van der Waals surface area contributed by atoms with Gasteiger partial charge in [-0.15, -0.1) is 0 Å². The zero-order valence-corrected chi connectivity index (χ0v) is 11.4. The molecule has 0 aliphatic heterocycles. The first-order valence-corrected chi connectivity index (χ1v) is 6.50. The predicted octanol–water partition coefficient (Wildman–Crippen LogP) is 2.98. The van der Waals surface area contributed by atoms with Crippen molar-refractivity contribution in [3.8, 4) is 11.3 Å². The Balaban J connectivity index is 2.08. The lowest BCUT2D eigenvalue weighted by Crippen LogP contribution is -2.18. The fourth-order valence-electron chi connectivity index (χ4n) is 2.27. The predicted molar refractivity (Wildman–Crippen MR) is 81.3 cm³/mol. The molecule has 0 atom stereocenters. The average molecular weight is 279 g/mol. The minimum absolute atomic E-state index is 0.00189. The molecule has 0 bridgehead atoms. The van der Waals surface area contributed by atoms with Gasteiger partial charge in [0.2, 0.25) is 0 Å². The number of ether oxygens (including phenoxy) is 1. The quantitative estimate of drug-likeness (QED) is 0.734. The number of aromatic nitrogens is 1. The number of H-pyrrole nitrogens is 1. The van der Waals surface area contributed by atoms with Crippen molar-refractivity contribution < 1.29 is 9.53 Å². The maximum absolute atomic E-state index is 11.9. The first-order chi connectivity index (χ1) is 10.2. The lowest BCUT2D eigenvalue weighted by atomic mass is 10.0.